The summed E-state index contributed by atoms with van der Waals surface area (Å²) in [6.45, 7) is 6.35. The molecule has 0 bridgehead atoms. The second-order valence-electron chi connectivity index (χ2n) is 6.96. The van der Waals surface area contributed by atoms with E-state index >= 15 is 0 Å². The number of rotatable bonds is 5. The minimum absolute atomic E-state index is 0. The number of aromatic nitrogens is 3. The van der Waals surface area contributed by atoms with Crippen LogP contribution in [0.15, 0.2) is 29.3 Å². The van der Waals surface area contributed by atoms with Gasteiger partial charge in [0, 0.05) is 32.0 Å². The predicted octanol–water partition coefficient (Wildman–Crippen LogP) is 2.62. The molecule has 3 rings (SSSR count). The summed E-state index contributed by atoms with van der Waals surface area (Å²) in [5, 5.41) is 15.0. The van der Waals surface area contributed by atoms with Crippen molar-refractivity contribution >= 4 is 29.9 Å². The highest BCUT2D eigenvalue weighted by Gasteiger charge is 2.22. The molecular formula is C18H26FIN6. The van der Waals surface area contributed by atoms with E-state index in [-0.39, 0.29) is 35.2 Å². The Hall–Kier alpha value is -1.71. The van der Waals surface area contributed by atoms with Crippen LogP contribution in [0.5, 0.6) is 0 Å². The lowest BCUT2D eigenvalue weighted by Crippen LogP contribution is -2.43. The molecule has 0 unspecified atom stereocenters. The van der Waals surface area contributed by atoms with E-state index < -0.39 is 0 Å². The van der Waals surface area contributed by atoms with Crippen molar-refractivity contribution in [3.8, 4) is 0 Å². The van der Waals surface area contributed by atoms with Gasteiger partial charge in [-0.25, -0.2) is 4.39 Å². The van der Waals surface area contributed by atoms with Crippen LogP contribution in [0.3, 0.4) is 0 Å². The summed E-state index contributed by atoms with van der Waals surface area (Å²) in [5.41, 5.74) is 0.723. The van der Waals surface area contributed by atoms with Crippen LogP contribution in [0, 0.1) is 5.82 Å². The average Bonchev–Trinajstić information content (AvgIpc) is 3.19. The van der Waals surface area contributed by atoms with Crippen molar-refractivity contribution in [2.45, 2.75) is 45.2 Å². The van der Waals surface area contributed by atoms with Crippen LogP contribution in [-0.4, -0.2) is 34.3 Å². The van der Waals surface area contributed by atoms with Crippen LogP contribution in [-0.2, 0) is 24.9 Å². The molecule has 0 aliphatic carbocycles. The fourth-order valence-corrected chi connectivity index (χ4v) is 3.04. The molecule has 0 fully saturated rings. The molecule has 2 aromatic rings. The lowest BCUT2D eigenvalue weighted by atomic mass is 9.84. The second kappa shape index (κ2) is 8.79. The lowest BCUT2D eigenvalue weighted by Gasteiger charge is -2.26. The van der Waals surface area contributed by atoms with Gasteiger partial charge in [0.2, 0.25) is 0 Å². The van der Waals surface area contributed by atoms with Gasteiger partial charge < -0.3 is 15.2 Å². The number of aryl methyl sites for hydroxylation is 1. The quantitative estimate of drug-likeness (QED) is 0.399. The first-order chi connectivity index (χ1) is 12.0. The normalized spacial score (nSPS) is 13.9. The van der Waals surface area contributed by atoms with Crippen LogP contribution in [0.1, 0.15) is 37.5 Å². The molecule has 1 aliphatic rings. The van der Waals surface area contributed by atoms with E-state index in [9.17, 15) is 4.39 Å². The van der Waals surface area contributed by atoms with Crippen molar-refractivity contribution in [3.05, 3.63) is 47.3 Å². The molecule has 0 atom stereocenters. The Morgan fingerprint density at radius 3 is 2.85 bits per heavy atom. The van der Waals surface area contributed by atoms with Crippen LogP contribution in [0.25, 0.3) is 0 Å². The van der Waals surface area contributed by atoms with Gasteiger partial charge in [0.05, 0.1) is 6.54 Å². The highest BCUT2D eigenvalue weighted by atomic mass is 127. The first-order valence-corrected chi connectivity index (χ1v) is 8.61. The molecule has 0 radical (unpaired) electrons. The van der Waals surface area contributed by atoms with E-state index in [1.165, 1.54) is 6.07 Å². The lowest BCUT2D eigenvalue weighted by molar-refractivity contribution is 0.502. The molecule has 0 saturated heterocycles. The van der Waals surface area contributed by atoms with Crippen molar-refractivity contribution in [1.29, 1.82) is 0 Å². The molecule has 6 nitrogen and oxygen atoms in total. The third-order valence-electron chi connectivity index (χ3n) is 4.63. The molecule has 142 valence electrons. The zero-order valence-electron chi connectivity index (χ0n) is 15.4. The molecule has 1 aliphatic heterocycles. The van der Waals surface area contributed by atoms with Gasteiger partial charge >= 0.3 is 0 Å². The average molecular weight is 472 g/mol. The van der Waals surface area contributed by atoms with Crippen molar-refractivity contribution in [3.63, 3.8) is 0 Å². The maximum absolute atomic E-state index is 13.5. The highest BCUT2D eigenvalue weighted by molar-refractivity contribution is 14.0. The fourth-order valence-electron chi connectivity index (χ4n) is 3.04. The van der Waals surface area contributed by atoms with Gasteiger partial charge in [0.15, 0.2) is 11.8 Å². The Balaban J connectivity index is 0.00000243. The number of benzene rings is 1. The van der Waals surface area contributed by atoms with Crippen LogP contribution in [0.2, 0.25) is 0 Å². The zero-order valence-corrected chi connectivity index (χ0v) is 17.8. The minimum atomic E-state index is -0.226. The predicted molar refractivity (Wildman–Crippen MR) is 111 cm³/mol. The number of aliphatic imine (C=N–C) groups is 1. The summed E-state index contributed by atoms with van der Waals surface area (Å²) in [6, 6.07) is 6.73. The van der Waals surface area contributed by atoms with Gasteiger partial charge in [-0.3, -0.25) is 4.99 Å². The fraction of sp³-hybridized carbons (Fsp3) is 0.500. The third kappa shape index (κ3) is 4.72. The molecule has 8 heteroatoms. The van der Waals surface area contributed by atoms with Gasteiger partial charge in [-0.1, -0.05) is 26.0 Å². The van der Waals surface area contributed by atoms with Gasteiger partial charge in [-0.05, 0) is 24.1 Å². The highest BCUT2D eigenvalue weighted by Crippen LogP contribution is 2.22. The Morgan fingerprint density at radius 1 is 1.31 bits per heavy atom. The SMILES string of the molecule is CN=C(NCc1nnc2n1CCC2)NCC(C)(C)c1cccc(F)c1.I. The monoisotopic (exact) mass is 472 g/mol. The number of fused-ring (bicyclic) bond motifs is 1. The first kappa shape index (κ1) is 20.6. The van der Waals surface area contributed by atoms with E-state index in [1.54, 1.807) is 19.2 Å². The molecule has 1 aromatic heterocycles. The Morgan fingerprint density at radius 2 is 2.12 bits per heavy atom. The number of hydrogen-bond acceptors (Lipinski definition) is 3. The Labute approximate surface area is 170 Å². The first-order valence-electron chi connectivity index (χ1n) is 8.61. The summed E-state index contributed by atoms with van der Waals surface area (Å²) in [5.74, 6) is 2.47. The molecule has 1 aromatic carbocycles. The molecule has 2 heterocycles. The summed E-state index contributed by atoms with van der Waals surface area (Å²) in [7, 11) is 1.73. The maximum Gasteiger partial charge on any atom is 0.191 e. The van der Waals surface area contributed by atoms with Crippen molar-refractivity contribution in [2.24, 2.45) is 4.99 Å². The number of nitrogens with one attached hydrogen (secondary N) is 2. The maximum atomic E-state index is 13.5. The molecular weight excluding hydrogens is 446 g/mol. The number of halogens is 2. The Bertz CT molecular complexity index is 771. The molecule has 0 spiro atoms. The molecule has 2 N–H and O–H groups in total. The third-order valence-corrected chi connectivity index (χ3v) is 4.63. The Kier molecular flexibility index (Phi) is 6.96. The molecule has 0 amide bonds. The van der Waals surface area contributed by atoms with E-state index in [1.807, 2.05) is 6.07 Å². The standard InChI is InChI=1S/C18H25FN6.HI/c1-18(2,13-6-4-7-14(19)10-13)12-22-17(20-3)21-11-16-24-23-15-8-5-9-25(15)16;/h4,6-7,10H,5,8-9,11-12H2,1-3H3,(H2,20,21,22);1H. The number of hydrogen-bond donors (Lipinski definition) is 2. The van der Waals surface area contributed by atoms with Crippen LogP contribution >= 0.6 is 24.0 Å². The van der Waals surface area contributed by atoms with Gasteiger partial charge in [0.25, 0.3) is 0 Å². The van der Waals surface area contributed by atoms with Gasteiger partial charge in [0.1, 0.15) is 11.6 Å². The van der Waals surface area contributed by atoms with Crippen molar-refractivity contribution < 1.29 is 4.39 Å². The van der Waals surface area contributed by atoms with E-state index in [0.717, 1.165) is 36.6 Å². The molecule has 26 heavy (non-hydrogen) atoms. The summed E-state index contributed by atoms with van der Waals surface area (Å²) in [4.78, 5) is 4.26. The number of guanidine groups is 1. The smallest absolute Gasteiger partial charge is 0.191 e. The second-order valence-corrected chi connectivity index (χ2v) is 6.96. The van der Waals surface area contributed by atoms with Crippen LogP contribution < -0.4 is 10.6 Å². The van der Waals surface area contributed by atoms with Gasteiger partial charge in [-0.15, -0.1) is 34.2 Å². The summed E-state index contributed by atoms with van der Waals surface area (Å²) in [6.07, 6.45) is 2.13. The van der Waals surface area contributed by atoms with Crippen molar-refractivity contribution in [2.75, 3.05) is 13.6 Å². The zero-order chi connectivity index (χ0) is 17.9. The van der Waals surface area contributed by atoms with E-state index in [2.05, 4.69) is 44.2 Å². The number of nitrogens with zero attached hydrogens (tertiary/aromatic N) is 4. The van der Waals surface area contributed by atoms with Gasteiger partial charge in [-0.2, -0.15) is 0 Å². The molecule has 0 saturated carbocycles. The largest absolute Gasteiger partial charge is 0.356 e. The van der Waals surface area contributed by atoms with E-state index in [0.29, 0.717) is 19.0 Å². The van der Waals surface area contributed by atoms with Crippen molar-refractivity contribution in [1.82, 2.24) is 25.4 Å². The van der Waals surface area contributed by atoms with Crippen LogP contribution in [0.4, 0.5) is 4.39 Å². The minimum Gasteiger partial charge on any atom is -0.356 e. The topological polar surface area (TPSA) is 67.1 Å². The summed E-state index contributed by atoms with van der Waals surface area (Å²) >= 11 is 0. The van der Waals surface area contributed by atoms with E-state index in [4.69, 9.17) is 0 Å². The summed E-state index contributed by atoms with van der Waals surface area (Å²) < 4.78 is 15.6.